The predicted octanol–water partition coefficient (Wildman–Crippen LogP) is 1.70. The van der Waals surface area contributed by atoms with E-state index in [0.29, 0.717) is 35.5 Å². The fourth-order valence-electron chi connectivity index (χ4n) is 3.79. The van der Waals surface area contributed by atoms with E-state index in [-0.39, 0.29) is 16.4 Å². The van der Waals surface area contributed by atoms with E-state index in [2.05, 4.69) is 10.1 Å². The Hall–Kier alpha value is -3.00. The lowest BCUT2D eigenvalue weighted by Gasteiger charge is -2.21. The fraction of sp³-hybridized carbons (Fsp3) is 0.211. The van der Waals surface area contributed by atoms with Gasteiger partial charge in [-0.05, 0) is 31.0 Å². The average Bonchev–Trinajstić information content (AvgIpc) is 3.23. The third kappa shape index (κ3) is 2.07. The molecule has 0 spiro atoms. The van der Waals surface area contributed by atoms with Crippen molar-refractivity contribution in [2.24, 2.45) is 12.0 Å². The van der Waals surface area contributed by atoms with Gasteiger partial charge in [-0.2, -0.15) is 5.10 Å². The minimum atomic E-state index is -3.90. The third-order valence-corrected chi connectivity index (χ3v) is 6.81. The first-order chi connectivity index (χ1) is 12.9. The standard InChI is InChI=1S/C19H16N4O3S/c1-11-3-5-13(6-4-11)27(25,26)23-10-12-7-8-20-16-15(12)18(23)19(24)14-9-21-22(2)17(14)16/h3-6,9-10H,7-8H2,1-2H3. The van der Waals surface area contributed by atoms with Gasteiger partial charge in [-0.3, -0.25) is 14.5 Å². The number of aromatic nitrogens is 3. The summed E-state index contributed by atoms with van der Waals surface area (Å²) in [5, 5.41) is 4.18. The second-order valence-electron chi connectivity index (χ2n) is 6.83. The number of carbonyl (C=O) groups is 1. The van der Waals surface area contributed by atoms with Gasteiger partial charge in [0.15, 0.2) is 0 Å². The minimum Gasteiger partial charge on any atom is -0.287 e. The Kier molecular flexibility index (Phi) is 3.16. The van der Waals surface area contributed by atoms with E-state index in [9.17, 15) is 13.2 Å². The third-order valence-electron chi connectivity index (χ3n) is 5.14. The summed E-state index contributed by atoms with van der Waals surface area (Å²) >= 11 is 0. The van der Waals surface area contributed by atoms with Gasteiger partial charge in [-0.1, -0.05) is 17.7 Å². The van der Waals surface area contributed by atoms with E-state index in [1.54, 1.807) is 42.2 Å². The first-order valence-electron chi connectivity index (χ1n) is 8.58. The average molecular weight is 380 g/mol. The smallest absolute Gasteiger partial charge is 0.268 e. The molecular weight excluding hydrogens is 364 g/mol. The Morgan fingerprint density at radius 1 is 1.11 bits per heavy atom. The number of rotatable bonds is 2. The van der Waals surface area contributed by atoms with Crippen molar-refractivity contribution in [2.45, 2.75) is 18.2 Å². The maximum absolute atomic E-state index is 13.3. The van der Waals surface area contributed by atoms with Gasteiger partial charge in [0.1, 0.15) is 5.69 Å². The minimum absolute atomic E-state index is 0.153. The Balaban J connectivity index is 1.80. The van der Waals surface area contributed by atoms with Crippen molar-refractivity contribution in [3.05, 3.63) is 70.3 Å². The second-order valence-corrected chi connectivity index (χ2v) is 8.65. The summed E-state index contributed by atoms with van der Waals surface area (Å²) in [4.78, 5) is 17.9. The quantitative estimate of drug-likeness (QED) is 0.530. The molecule has 2 aromatic heterocycles. The van der Waals surface area contributed by atoms with Crippen molar-refractivity contribution in [3.63, 3.8) is 0 Å². The molecule has 0 fully saturated rings. The molecule has 0 radical (unpaired) electrons. The van der Waals surface area contributed by atoms with Gasteiger partial charge in [0.05, 0.1) is 28.1 Å². The number of benzene rings is 1. The van der Waals surface area contributed by atoms with Crippen LogP contribution >= 0.6 is 0 Å². The molecular formula is C19H16N4O3S. The van der Waals surface area contributed by atoms with E-state index >= 15 is 0 Å². The van der Waals surface area contributed by atoms with Crippen molar-refractivity contribution in [2.75, 3.05) is 6.54 Å². The molecule has 0 saturated carbocycles. The lowest BCUT2D eigenvalue weighted by Crippen LogP contribution is -2.28. The monoisotopic (exact) mass is 380 g/mol. The summed E-state index contributed by atoms with van der Waals surface area (Å²) in [6.07, 6.45) is 3.65. The lowest BCUT2D eigenvalue weighted by atomic mass is 9.88. The van der Waals surface area contributed by atoms with Crippen LogP contribution in [0.15, 0.2) is 46.5 Å². The van der Waals surface area contributed by atoms with Gasteiger partial charge in [0, 0.05) is 25.4 Å². The molecule has 0 amide bonds. The summed E-state index contributed by atoms with van der Waals surface area (Å²) in [5.41, 5.74) is 4.26. The topological polar surface area (TPSA) is 86.3 Å². The van der Waals surface area contributed by atoms with Crippen molar-refractivity contribution >= 4 is 21.5 Å². The van der Waals surface area contributed by atoms with Crippen LogP contribution in [0.1, 0.15) is 38.4 Å². The molecule has 1 aliphatic heterocycles. The summed E-state index contributed by atoms with van der Waals surface area (Å²) in [6, 6.07) is 6.62. The van der Waals surface area contributed by atoms with Gasteiger partial charge < -0.3 is 0 Å². The van der Waals surface area contributed by atoms with Crippen LogP contribution in [0.3, 0.4) is 0 Å². The Bertz CT molecular complexity index is 1260. The van der Waals surface area contributed by atoms with Crippen LogP contribution < -0.4 is 0 Å². The lowest BCUT2D eigenvalue weighted by molar-refractivity contribution is 0.103. The van der Waals surface area contributed by atoms with Gasteiger partial charge >= 0.3 is 0 Å². The van der Waals surface area contributed by atoms with Crippen LogP contribution in [0.2, 0.25) is 0 Å². The summed E-state index contributed by atoms with van der Waals surface area (Å²) in [5.74, 6) is -0.337. The highest BCUT2D eigenvalue weighted by atomic mass is 32.2. The Labute approximate surface area is 156 Å². The van der Waals surface area contributed by atoms with E-state index in [1.807, 2.05) is 6.92 Å². The number of hydrogen-bond acceptors (Lipinski definition) is 5. The maximum Gasteiger partial charge on any atom is 0.268 e. The molecule has 5 rings (SSSR count). The molecule has 0 unspecified atom stereocenters. The maximum atomic E-state index is 13.3. The van der Waals surface area contributed by atoms with Crippen molar-refractivity contribution in [3.8, 4) is 0 Å². The molecule has 1 aliphatic carbocycles. The first-order valence-corrected chi connectivity index (χ1v) is 10.0. The molecule has 8 heteroatoms. The molecule has 7 nitrogen and oxygen atoms in total. The molecule has 0 bridgehead atoms. The number of aryl methyl sites for hydroxylation is 2. The van der Waals surface area contributed by atoms with E-state index < -0.39 is 10.0 Å². The highest BCUT2D eigenvalue weighted by Gasteiger charge is 2.40. The zero-order valence-corrected chi connectivity index (χ0v) is 15.6. The first kappa shape index (κ1) is 16.2. The SMILES string of the molecule is Cc1ccc(S(=O)(=O)n2cc3c4c2C(=O)c2cnn(C)c2C4=NCC3)cc1. The second kappa shape index (κ2) is 5.26. The molecule has 0 atom stereocenters. The molecule has 1 aromatic carbocycles. The fourth-order valence-corrected chi connectivity index (χ4v) is 5.17. The summed E-state index contributed by atoms with van der Waals surface area (Å²) in [7, 11) is -2.14. The molecule has 3 heterocycles. The van der Waals surface area contributed by atoms with Crippen molar-refractivity contribution in [1.29, 1.82) is 0 Å². The van der Waals surface area contributed by atoms with Crippen molar-refractivity contribution in [1.82, 2.24) is 13.8 Å². The molecule has 0 N–H and O–H groups in total. The molecule has 27 heavy (non-hydrogen) atoms. The zero-order chi connectivity index (χ0) is 18.9. The largest absolute Gasteiger partial charge is 0.287 e. The summed E-state index contributed by atoms with van der Waals surface area (Å²) in [6.45, 7) is 2.44. The Morgan fingerprint density at radius 2 is 1.85 bits per heavy atom. The van der Waals surface area contributed by atoms with Crippen LogP contribution in [0.4, 0.5) is 0 Å². The highest BCUT2D eigenvalue weighted by molar-refractivity contribution is 7.90. The number of carbonyl (C=O) groups excluding carboxylic acids is 1. The van der Waals surface area contributed by atoms with Crippen LogP contribution in [0.25, 0.3) is 0 Å². The van der Waals surface area contributed by atoms with Crippen LogP contribution in [-0.2, 0) is 23.5 Å². The number of aliphatic imine (C=N–C) groups is 1. The van der Waals surface area contributed by atoms with E-state index in [1.165, 1.54) is 6.20 Å². The number of ketones is 1. The van der Waals surface area contributed by atoms with Gasteiger partial charge in [-0.15, -0.1) is 0 Å². The number of hydrogen-bond donors (Lipinski definition) is 0. The molecule has 136 valence electrons. The molecule has 0 saturated heterocycles. The van der Waals surface area contributed by atoms with Crippen LogP contribution in [-0.4, -0.2) is 40.2 Å². The number of nitrogens with zero attached hydrogens (tertiary/aromatic N) is 4. The number of fused-ring (bicyclic) bond motifs is 2. The zero-order valence-electron chi connectivity index (χ0n) is 14.8. The molecule has 2 aliphatic rings. The van der Waals surface area contributed by atoms with Crippen LogP contribution in [0.5, 0.6) is 0 Å². The van der Waals surface area contributed by atoms with E-state index in [4.69, 9.17) is 0 Å². The summed E-state index contributed by atoms with van der Waals surface area (Å²) < 4.78 is 29.3. The van der Waals surface area contributed by atoms with Gasteiger partial charge in [0.2, 0.25) is 5.78 Å². The molecule has 3 aromatic rings. The highest BCUT2D eigenvalue weighted by Crippen LogP contribution is 2.35. The van der Waals surface area contributed by atoms with Gasteiger partial charge in [-0.25, -0.2) is 12.4 Å². The normalized spacial score (nSPS) is 15.3. The van der Waals surface area contributed by atoms with Crippen molar-refractivity contribution < 1.29 is 13.2 Å². The van der Waals surface area contributed by atoms with E-state index in [0.717, 1.165) is 15.1 Å². The van der Waals surface area contributed by atoms with Gasteiger partial charge in [0.25, 0.3) is 10.0 Å². The predicted molar refractivity (Wildman–Crippen MR) is 99.0 cm³/mol. The van der Waals surface area contributed by atoms with Crippen LogP contribution in [0, 0.1) is 6.92 Å². The Morgan fingerprint density at radius 3 is 2.59 bits per heavy atom.